The Kier molecular flexibility index (Phi) is 4.43. The Morgan fingerprint density at radius 1 is 1.24 bits per heavy atom. The Bertz CT molecular complexity index is 646. The lowest BCUT2D eigenvalue weighted by Gasteiger charge is -2.33. The van der Waals surface area contributed by atoms with E-state index in [2.05, 4.69) is 9.80 Å². The van der Waals surface area contributed by atoms with E-state index in [0.717, 1.165) is 44.7 Å². The normalized spacial score (nSPS) is 31.3. The topological polar surface area (TPSA) is 73.2 Å². The van der Waals surface area contributed by atoms with E-state index in [1.165, 1.54) is 0 Å². The van der Waals surface area contributed by atoms with Crippen molar-refractivity contribution >= 4 is 5.97 Å². The predicted molar refractivity (Wildman–Crippen MR) is 92.4 cm³/mol. The van der Waals surface area contributed by atoms with Crippen LogP contribution < -0.4 is 0 Å². The highest BCUT2D eigenvalue weighted by atomic mass is 16.5. The van der Waals surface area contributed by atoms with E-state index >= 15 is 0 Å². The van der Waals surface area contributed by atoms with Crippen molar-refractivity contribution in [1.29, 1.82) is 0 Å². The highest BCUT2D eigenvalue weighted by Gasteiger charge is 2.58. The van der Waals surface area contributed by atoms with Crippen molar-refractivity contribution in [3.63, 3.8) is 0 Å². The first-order valence-electron chi connectivity index (χ1n) is 9.12. The number of hydrogen-bond acceptors (Lipinski definition) is 5. The second-order valence-electron chi connectivity index (χ2n) is 7.77. The molecule has 3 fully saturated rings. The molecule has 0 radical (unpaired) electrons. The van der Waals surface area contributed by atoms with Gasteiger partial charge in [-0.05, 0) is 30.5 Å². The van der Waals surface area contributed by atoms with Crippen molar-refractivity contribution in [2.45, 2.75) is 25.4 Å². The van der Waals surface area contributed by atoms with E-state index in [1.807, 2.05) is 12.1 Å². The molecule has 1 aromatic rings. The minimum absolute atomic E-state index is 0.171. The molecule has 1 aromatic carbocycles. The van der Waals surface area contributed by atoms with E-state index in [0.29, 0.717) is 25.7 Å². The Morgan fingerprint density at radius 2 is 2.04 bits per heavy atom. The summed E-state index contributed by atoms with van der Waals surface area (Å²) in [5.74, 6) is -0.230. The molecule has 0 saturated carbocycles. The summed E-state index contributed by atoms with van der Waals surface area (Å²) in [6, 6.07) is 7.70. The van der Waals surface area contributed by atoms with Crippen molar-refractivity contribution in [2.24, 2.45) is 11.3 Å². The van der Waals surface area contributed by atoms with Gasteiger partial charge >= 0.3 is 5.97 Å². The molecular weight excluding hydrogens is 320 g/mol. The van der Waals surface area contributed by atoms with Gasteiger partial charge in [-0.2, -0.15) is 0 Å². The zero-order valence-corrected chi connectivity index (χ0v) is 14.4. The first-order chi connectivity index (χ1) is 12.1. The summed E-state index contributed by atoms with van der Waals surface area (Å²) in [6.07, 6.45) is 2.02. The van der Waals surface area contributed by atoms with Crippen LogP contribution in [0.5, 0.6) is 5.75 Å². The van der Waals surface area contributed by atoms with Crippen LogP contribution in [0, 0.1) is 11.3 Å². The van der Waals surface area contributed by atoms with Crippen molar-refractivity contribution < 1.29 is 19.7 Å². The van der Waals surface area contributed by atoms with Crippen LogP contribution in [0.4, 0.5) is 0 Å². The molecule has 25 heavy (non-hydrogen) atoms. The first kappa shape index (κ1) is 16.8. The number of hydrogen-bond donors (Lipinski definition) is 2. The molecule has 6 heteroatoms. The number of aliphatic carboxylic acids is 1. The zero-order chi connectivity index (χ0) is 17.4. The number of fused-ring (bicyclic) bond motifs is 1. The fourth-order valence-electron chi connectivity index (χ4n) is 4.87. The number of ether oxygens (including phenoxy) is 1. The fraction of sp³-hybridized carbons (Fsp3) is 0.632. The molecule has 136 valence electrons. The molecule has 3 heterocycles. The molecule has 4 rings (SSSR count). The minimum Gasteiger partial charge on any atom is -0.508 e. The summed E-state index contributed by atoms with van der Waals surface area (Å²) in [4.78, 5) is 16.8. The average molecular weight is 346 g/mol. The summed E-state index contributed by atoms with van der Waals surface area (Å²) in [5, 5.41) is 19.6. The maximum absolute atomic E-state index is 12.2. The minimum atomic E-state index is -0.662. The van der Waals surface area contributed by atoms with Gasteiger partial charge in [-0.15, -0.1) is 0 Å². The van der Waals surface area contributed by atoms with Gasteiger partial charge in [0.05, 0.1) is 5.41 Å². The summed E-state index contributed by atoms with van der Waals surface area (Å²) in [6.45, 7) is 5.17. The SMILES string of the molecule is O=C(O)[C@]12CN(Cc3cccc(O)c3)C[C@H]1CN(C1CCOCC1)C2. The molecule has 0 spiro atoms. The number of carbonyl (C=O) groups is 1. The molecule has 0 bridgehead atoms. The molecule has 2 N–H and O–H groups in total. The van der Waals surface area contributed by atoms with Gasteiger partial charge in [0.25, 0.3) is 0 Å². The Morgan fingerprint density at radius 3 is 2.72 bits per heavy atom. The molecule has 0 aliphatic carbocycles. The lowest BCUT2D eigenvalue weighted by molar-refractivity contribution is -0.149. The Hall–Kier alpha value is -1.63. The fourth-order valence-corrected chi connectivity index (χ4v) is 4.87. The third kappa shape index (κ3) is 3.14. The molecular formula is C19H26N2O4. The van der Waals surface area contributed by atoms with Crippen LogP contribution in [0.25, 0.3) is 0 Å². The molecule has 3 aliphatic rings. The third-order valence-corrected chi connectivity index (χ3v) is 6.16. The number of nitrogens with zero attached hydrogens (tertiary/aromatic N) is 2. The standard InChI is InChI=1S/C19H26N2O4/c22-17-3-1-2-14(8-17)9-20-10-15-11-21(16-4-6-25-7-5-16)13-19(15,12-20)18(23)24/h1-3,8,15-16,22H,4-7,9-13H2,(H,23,24)/t15-,19-/m0/s1. The van der Waals surface area contributed by atoms with E-state index in [4.69, 9.17) is 4.74 Å². The number of aromatic hydroxyl groups is 1. The van der Waals surface area contributed by atoms with Crippen LogP contribution >= 0.6 is 0 Å². The number of carboxylic acids is 1. The number of benzene rings is 1. The highest BCUT2D eigenvalue weighted by Crippen LogP contribution is 2.44. The van der Waals surface area contributed by atoms with Crippen molar-refractivity contribution in [2.75, 3.05) is 39.4 Å². The van der Waals surface area contributed by atoms with Crippen molar-refractivity contribution in [3.8, 4) is 5.75 Å². The van der Waals surface area contributed by atoms with Crippen LogP contribution in [-0.4, -0.2) is 71.4 Å². The maximum atomic E-state index is 12.2. The lowest BCUT2D eigenvalue weighted by atomic mass is 9.81. The molecule has 0 amide bonds. The molecule has 6 nitrogen and oxygen atoms in total. The Labute approximate surface area is 148 Å². The number of rotatable bonds is 4. The second-order valence-corrected chi connectivity index (χ2v) is 7.77. The van der Waals surface area contributed by atoms with Gasteiger partial charge in [0, 0.05) is 57.9 Å². The molecule has 0 unspecified atom stereocenters. The van der Waals surface area contributed by atoms with Crippen molar-refractivity contribution in [3.05, 3.63) is 29.8 Å². The van der Waals surface area contributed by atoms with E-state index < -0.39 is 11.4 Å². The number of carboxylic acid groups (broad SMARTS) is 1. The summed E-state index contributed by atoms with van der Waals surface area (Å²) >= 11 is 0. The predicted octanol–water partition coefficient (Wildman–Crippen LogP) is 1.39. The monoisotopic (exact) mass is 346 g/mol. The lowest BCUT2D eigenvalue weighted by Crippen LogP contribution is -2.44. The van der Waals surface area contributed by atoms with Gasteiger partial charge in [-0.1, -0.05) is 12.1 Å². The molecule has 3 aliphatic heterocycles. The van der Waals surface area contributed by atoms with E-state index in [-0.39, 0.29) is 11.7 Å². The van der Waals surface area contributed by atoms with Gasteiger partial charge in [-0.3, -0.25) is 14.6 Å². The summed E-state index contributed by atoms with van der Waals surface area (Å²) < 4.78 is 5.45. The van der Waals surface area contributed by atoms with Gasteiger partial charge < -0.3 is 14.9 Å². The van der Waals surface area contributed by atoms with Gasteiger partial charge in [0.15, 0.2) is 0 Å². The maximum Gasteiger partial charge on any atom is 0.312 e. The second kappa shape index (κ2) is 6.59. The average Bonchev–Trinajstić information content (AvgIpc) is 3.11. The Balaban J connectivity index is 1.46. The van der Waals surface area contributed by atoms with Crippen LogP contribution in [0.15, 0.2) is 24.3 Å². The molecule has 3 saturated heterocycles. The van der Waals surface area contributed by atoms with Crippen LogP contribution in [0.1, 0.15) is 18.4 Å². The van der Waals surface area contributed by atoms with Crippen molar-refractivity contribution in [1.82, 2.24) is 9.80 Å². The van der Waals surface area contributed by atoms with Gasteiger partial charge in [0.1, 0.15) is 5.75 Å². The number of phenols is 1. The third-order valence-electron chi connectivity index (χ3n) is 6.16. The first-order valence-corrected chi connectivity index (χ1v) is 9.12. The number of phenolic OH excluding ortho intramolecular Hbond substituents is 1. The van der Waals surface area contributed by atoms with Crippen LogP contribution in [0.2, 0.25) is 0 Å². The van der Waals surface area contributed by atoms with Crippen LogP contribution in [0.3, 0.4) is 0 Å². The van der Waals surface area contributed by atoms with Gasteiger partial charge in [-0.25, -0.2) is 0 Å². The number of likely N-dealkylation sites (tertiary alicyclic amines) is 2. The summed E-state index contributed by atoms with van der Waals surface area (Å²) in [7, 11) is 0. The van der Waals surface area contributed by atoms with Crippen LogP contribution in [-0.2, 0) is 16.1 Å². The highest BCUT2D eigenvalue weighted by molar-refractivity contribution is 5.77. The van der Waals surface area contributed by atoms with E-state index in [9.17, 15) is 15.0 Å². The summed E-state index contributed by atoms with van der Waals surface area (Å²) in [5.41, 5.74) is 0.372. The van der Waals surface area contributed by atoms with E-state index in [1.54, 1.807) is 12.1 Å². The van der Waals surface area contributed by atoms with Gasteiger partial charge in [0.2, 0.25) is 0 Å². The largest absolute Gasteiger partial charge is 0.508 e. The molecule has 0 aromatic heterocycles. The zero-order valence-electron chi connectivity index (χ0n) is 14.4. The quantitative estimate of drug-likeness (QED) is 0.858. The smallest absolute Gasteiger partial charge is 0.312 e. The molecule has 2 atom stereocenters.